The molecule has 0 bridgehead atoms. The van der Waals surface area contributed by atoms with Crippen molar-refractivity contribution in [1.82, 2.24) is 14.6 Å². The van der Waals surface area contributed by atoms with E-state index in [0.29, 0.717) is 19.6 Å². The Bertz CT molecular complexity index is 1190. The molecule has 0 N–H and O–H groups in total. The van der Waals surface area contributed by atoms with Crippen molar-refractivity contribution >= 4 is 5.52 Å². The van der Waals surface area contributed by atoms with Crippen LogP contribution in [0.4, 0.5) is 4.39 Å². The van der Waals surface area contributed by atoms with E-state index in [0.717, 1.165) is 40.1 Å². The van der Waals surface area contributed by atoms with Gasteiger partial charge in [0.2, 0.25) is 0 Å². The van der Waals surface area contributed by atoms with E-state index in [9.17, 15) is 4.39 Å². The van der Waals surface area contributed by atoms with Gasteiger partial charge in [0, 0.05) is 29.3 Å². The summed E-state index contributed by atoms with van der Waals surface area (Å²) in [6.07, 6.45) is 10.9. The topological polar surface area (TPSA) is 39.4 Å². The molecule has 0 aliphatic heterocycles. The normalized spacial score (nSPS) is 22.5. The van der Waals surface area contributed by atoms with Crippen molar-refractivity contribution in [3.63, 3.8) is 0 Å². The minimum absolute atomic E-state index is 0.0519. The quantitative estimate of drug-likeness (QED) is 0.406. The van der Waals surface area contributed by atoms with Gasteiger partial charge in [-0.2, -0.15) is 5.10 Å². The zero-order valence-corrected chi connectivity index (χ0v) is 17.0. The first-order valence-corrected chi connectivity index (χ1v) is 10.3. The van der Waals surface area contributed by atoms with Gasteiger partial charge in [-0.3, -0.25) is 4.98 Å². The van der Waals surface area contributed by atoms with Gasteiger partial charge in [0.15, 0.2) is 0 Å². The molecule has 152 valence electrons. The molecule has 0 radical (unpaired) electrons. The van der Waals surface area contributed by atoms with Crippen molar-refractivity contribution in [1.29, 1.82) is 0 Å². The second-order valence-electron chi connectivity index (χ2n) is 8.13. The van der Waals surface area contributed by atoms with Crippen LogP contribution in [0.5, 0.6) is 0 Å². The van der Waals surface area contributed by atoms with Gasteiger partial charge < -0.3 is 4.74 Å². The van der Waals surface area contributed by atoms with Gasteiger partial charge in [-0.05, 0) is 49.1 Å². The van der Waals surface area contributed by atoms with Gasteiger partial charge in [0.05, 0.1) is 24.4 Å². The zero-order valence-electron chi connectivity index (χ0n) is 17.0. The van der Waals surface area contributed by atoms with E-state index >= 15 is 0 Å². The predicted molar refractivity (Wildman–Crippen MR) is 116 cm³/mol. The molecule has 3 heterocycles. The van der Waals surface area contributed by atoms with E-state index in [4.69, 9.17) is 14.8 Å². The van der Waals surface area contributed by atoms with Crippen LogP contribution in [0.25, 0.3) is 16.9 Å². The van der Waals surface area contributed by atoms with Crippen molar-refractivity contribution in [2.75, 3.05) is 6.61 Å². The van der Waals surface area contributed by atoms with Crippen molar-refractivity contribution in [2.45, 2.75) is 31.8 Å². The number of aryl methyl sites for hydroxylation is 1. The lowest BCUT2D eigenvalue weighted by molar-refractivity contribution is 0.148. The van der Waals surface area contributed by atoms with Gasteiger partial charge in [-0.25, -0.2) is 8.91 Å². The van der Waals surface area contributed by atoms with Gasteiger partial charge >= 0.3 is 0 Å². The Morgan fingerprint density at radius 2 is 2.23 bits per heavy atom. The Kier molecular flexibility index (Phi) is 4.63. The highest BCUT2D eigenvalue weighted by molar-refractivity contribution is 5.76. The molecule has 2 atom stereocenters. The van der Waals surface area contributed by atoms with Crippen molar-refractivity contribution < 1.29 is 9.13 Å². The Labute approximate surface area is 175 Å². The molecule has 3 aromatic heterocycles. The first kappa shape index (κ1) is 18.9. The minimum Gasteiger partial charge on any atom is -0.373 e. The molecule has 3 aromatic rings. The maximum Gasteiger partial charge on any atom is 0.116 e. The molecule has 2 aliphatic carbocycles. The van der Waals surface area contributed by atoms with E-state index in [1.165, 1.54) is 0 Å². The Hall–Kier alpha value is -3.05. The fourth-order valence-electron chi connectivity index (χ4n) is 4.49. The van der Waals surface area contributed by atoms with Crippen LogP contribution in [-0.2, 0) is 16.8 Å². The maximum atomic E-state index is 14.1. The number of hydrogen-bond donors (Lipinski definition) is 0. The Morgan fingerprint density at radius 3 is 3.07 bits per heavy atom. The van der Waals surface area contributed by atoms with E-state index in [1.807, 2.05) is 41.9 Å². The molecule has 4 nitrogen and oxygen atoms in total. The van der Waals surface area contributed by atoms with E-state index in [-0.39, 0.29) is 17.2 Å². The Balaban J connectivity index is 1.67. The smallest absolute Gasteiger partial charge is 0.116 e. The molecule has 1 fully saturated rings. The second kappa shape index (κ2) is 7.33. The molecule has 5 heteroatoms. The number of rotatable bonds is 6. The molecule has 0 saturated heterocycles. The van der Waals surface area contributed by atoms with Gasteiger partial charge in [-0.15, -0.1) is 6.58 Å². The first-order chi connectivity index (χ1) is 14.6. The molecule has 2 aliphatic rings. The van der Waals surface area contributed by atoms with Crippen LogP contribution >= 0.6 is 0 Å². The van der Waals surface area contributed by atoms with Gasteiger partial charge in [-0.1, -0.05) is 30.4 Å². The highest BCUT2D eigenvalue weighted by Gasteiger charge is 2.55. The monoisotopic (exact) mass is 401 g/mol. The minimum atomic E-state index is -0.225. The lowest BCUT2D eigenvalue weighted by Crippen LogP contribution is -2.07. The average molecular weight is 401 g/mol. The molecular weight excluding hydrogens is 377 g/mol. The summed E-state index contributed by atoms with van der Waals surface area (Å²) in [5.74, 6) is 0.104. The summed E-state index contributed by atoms with van der Waals surface area (Å²) in [4.78, 5) is 4.74. The number of hydrogen-bond acceptors (Lipinski definition) is 3. The molecule has 0 aromatic carbocycles. The van der Waals surface area contributed by atoms with Crippen molar-refractivity contribution in [3.8, 4) is 11.4 Å². The summed E-state index contributed by atoms with van der Waals surface area (Å²) >= 11 is 0. The fourth-order valence-corrected chi connectivity index (χ4v) is 4.49. The van der Waals surface area contributed by atoms with Gasteiger partial charge in [0.25, 0.3) is 0 Å². The van der Waals surface area contributed by atoms with Crippen LogP contribution in [0.2, 0.25) is 0 Å². The first-order valence-electron chi connectivity index (χ1n) is 10.3. The predicted octanol–water partition coefficient (Wildman–Crippen LogP) is 5.48. The molecule has 0 amide bonds. The number of fused-ring (bicyclic) bond motifs is 2. The summed E-state index contributed by atoms with van der Waals surface area (Å²) < 4.78 is 21.6. The maximum absolute atomic E-state index is 14.1. The number of nitrogens with zero attached hydrogens (tertiary/aromatic N) is 3. The molecular formula is C25H24FN3O. The highest BCUT2D eigenvalue weighted by Crippen LogP contribution is 2.60. The third kappa shape index (κ3) is 3.19. The summed E-state index contributed by atoms with van der Waals surface area (Å²) in [5.41, 5.74) is 5.63. The standard InChI is InChI=1S/C25H24FN3O/c1-3-12-30-16-18-9-10-22-23(25-11-5-7-20(26)13-19(25)14-25)24(28-29(22)15-18)21-8-4-6-17(2)27-21/h3-6,8-11,13,15,19H,1,7,12,14,16H2,2H3. The number of halogens is 1. The number of pyridine rings is 2. The second-order valence-corrected chi connectivity index (χ2v) is 8.13. The fraction of sp³-hybridized carbons (Fsp3) is 0.280. The summed E-state index contributed by atoms with van der Waals surface area (Å²) in [6.45, 7) is 6.67. The van der Waals surface area contributed by atoms with Gasteiger partial charge in [0.1, 0.15) is 11.5 Å². The third-order valence-electron chi connectivity index (χ3n) is 5.96. The molecule has 5 rings (SSSR count). The number of ether oxygens (including phenoxy) is 1. The lowest BCUT2D eigenvalue weighted by atomic mass is 9.90. The summed E-state index contributed by atoms with van der Waals surface area (Å²) in [5, 5.41) is 4.94. The molecule has 2 unspecified atom stereocenters. The molecule has 1 saturated carbocycles. The summed E-state index contributed by atoms with van der Waals surface area (Å²) in [6, 6.07) is 10.1. The lowest BCUT2D eigenvalue weighted by Gasteiger charge is -2.13. The van der Waals surface area contributed by atoms with Crippen LogP contribution in [-0.4, -0.2) is 21.2 Å². The number of allylic oxidation sites excluding steroid dienone is 4. The van der Waals surface area contributed by atoms with Crippen LogP contribution in [0.3, 0.4) is 0 Å². The van der Waals surface area contributed by atoms with Crippen LogP contribution in [0, 0.1) is 12.8 Å². The van der Waals surface area contributed by atoms with E-state index in [2.05, 4.69) is 24.8 Å². The average Bonchev–Trinajstić information content (AvgIpc) is 3.30. The van der Waals surface area contributed by atoms with E-state index < -0.39 is 0 Å². The highest BCUT2D eigenvalue weighted by atomic mass is 19.1. The third-order valence-corrected chi connectivity index (χ3v) is 5.96. The van der Waals surface area contributed by atoms with Crippen molar-refractivity contribution in [3.05, 3.63) is 90.1 Å². The largest absolute Gasteiger partial charge is 0.373 e. The SMILES string of the molecule is C=CCOCc1ccc2c(C34C=CCC(F)=CC3C4)c(-c3cccc(C)n3)nn2c1. The number of aromatic nitrogens is 3. The van der Waals surface area contributed by atoms with E-state index in [1.54, 1.807) is 12.2 Å². The van der Waals surface area contributed by atoms with Crippen molar-refractivity contribution in [2.24, 2.45) is 5.92 Å². The van der Waals surface area contributed by atoms with Crippen LogP contribution in [0.1, 0.15) is 29.7 Å². The molecule has 30 heavy (non-hydrogen) atoms. The molecule has 0 spiro atoms. The van der Waals surface area contributed by atoms with Crippen LogP contribution in [0.15, 0.2) is 73.2 Å². The summed E-state index contributed by atoms with van der Waals surface area (Å²) in [7, 11) is 0. The Morgan fingerprint density at radius 1 is 1.33 bits per heavy atom. The zero-order chi connectivity index (χ0) is 20.7. The van der Waals surface area contributed by atoms with Crippen LogP contribution < -0.4 is 0 Å².